The lowest BCUT2D eigenvalue weighted by molar-refractivity contribution is -0.397. The minimum absolute atomic E-state index is 0.148. The molecule has 0 aromatic rings. The molecule has 2 aliphatic heterocycles. The van der Waals surface area contributed by atoms with Gasteiger partial charge in [0.15, 0.2) is 6.35 Å². The van der Waals surface area contributed by atoms with E-state index >= 15 is 0 Å². The lowest BCUT2D eigenvalue weighted by atomic mass is 10.4. The van der Waals surface area contributed by atoms with Gasteiger partial charge in [-0.25, -0.2) is 5.32 Å². The number of nitrogens with zero attached hydrogens (tertiary/aromatic N) is 1. The van der Waals surface area contributed by atoms with Gasteiger partial charge in [-0.3, -0.25) is 0 Å². The zero-order valence-corrected chi connectivity index (χ0v) is 5.70. The van der Waals surface area contributed by atoms with E-state index in [4.69, 9.17) is 9.47 Å². The number of hydrogen-bond donors (Lipinski definition) is 2. The van der Waals surface area contributed by atoms with Crippen molar-refractivity contribution in [3.05, 3.63) is 0 Å². The molecular formula is C5H10N2O3. The monoisotopic (exact) mass is 146 g/mol. The Kier molecular flexibility index (Phi) is 1.23. The van der Waals surface area contributed by atoms with Crippen molar-refractivity contribution in [3.8, 4) is 0 Å². The van der Waals surface area contributed by atoms with E-state index in [2.05, 4.69) is 5.32 Å². The Balaban J connectivity index is 2.05. The molecule has 0 aromatic carbocycles. The lowest BCUT2D eigenvalue weighted by Gasteiger charge is -2.48. The van der Waals surface area contributed by atoms with E-state index in [1.54, 1.807) is 4.90 Å². The largest absolute Gasteiger partial charge is 0.348 e. The highest BCUT2D eigenvalue weighted by Crippen LogP contribution is 2.27. The third-order valence-electron chi connectivity index (χ3n) is 1.88. The van der Waals surface area contributed by atoms with Crippen LogP contribution in [0.2, 0.25) is 0 Å². The number of aliphatic hydroxyl groups is 1. The summed E-state index contributed by atoms with van der Waals surface area (Å²) < 4.78 is 9.90. The molecule has 0 aliphatic carbocycles. The van der Waals surface area contributed by atoms with E-state index < -0.39 is 6.03 Å². The van der Waals surface area contributed by atoms with Crippen LogP contribution in [-0.4, -0.2) is 42.7 Å². The maximum atomic E-state index is 9.40. The Morgan fingerprint density at radius 1 is 1.90 bits per heavy atom. The number of methoxy groups -OCH3 is 1. The molecule has 0 radical (unpaired) electrons. The standard InChI is InChI=1S/C5H10N2O3/c1-9-5(8)6-4-7(5)2-3-10-4/h4,6,8H,2-3H2,1H3. The Bertz CT molecular complexity index is 154. The third-order valence-corrected chi connectivity index (χ3v) is 1.88. The molecule has 2 rings (SSSR count). The highest BCUT2D eigenvalue weighted by molar-refractivity contribution is 4.85. The Hall–Kier alpha value is -0.200. The van der Waals surface area contributed by atoms with Gasteiger partial charge in [0.05, 0.1) is 6.61 Å². The van der Waals surface area contributed by atoms with Crippen LogP contribution in [0, 0.1) is 0 Å². The summed E-state index contributed by atoms with van der Waals surface area (Å²) in [5.74, 6) is 0. The molecular weight excluding hydrogens is 136 g/mol. The van der Waals surface area contributed by atoms with Gasteiger partial charge in [0.2, 0.25) is 0 Å². The Morgan fingerprint density at radius 3 is 3.30 bits per heavy atom. The number of nitrogens with one attached hydrogen (secondary N) is 1. The van der Waals surface area contributed by atoms with E-state index in [1.165, 1.54) is 7.11 Å². The summed E-state index contributed by atoms with van der Waals surface area (Å²) in [6, 6.07) is -1.28. The molecule has 0 bridgehead atoms. The zero-order chi connectivity index (χ0) is 7.19. The third kappa shape index (κ3) is 0.637. The first kappa shape index (κ1) is 6.51. The zero-order valence-electron chi connectivity index (χ0n) is 5.70. The van der Waals surface area contributed by atoms with Crippen LogP contribution in [0.4, 0.5) is 0 Å². The second-order valence-electron chi connectivity index (χ2n) is 2.37. The van der Waals surface area contributed by atoms with Crippen molar-refractivity contribution >= 4 is 0 Å². The molecule has 58 valence electrons. The normalized spacial score (nSPS) is 46.8. The summed E-state index contributed by atoms with van der Waals surface area (Å²) in [5, 5.41) is 12.1. The maximum Gasteiger partial charge on any atom is 0.297 e. The SMILES string of the molecule is COC1(O)NC2OCCN21. The summed E-state index contributed by atoms with van der Waals surface area (Å²) in [6.07, 6.45) is -0.148. The molecule has 10 heavy (non-hydrogen) atoms. The van der Waals surface area contributed by atoms with Gasteiger partial charge in [0.25, 0.3) is 6.03 Å². The second-order valence-corrected chi connectivity index (χ2v) is 2.37. The average Bonchev–Trinajstić information content (AvgIpc) is 2.30. The molecule has 2 unspecified atom stereocenters. The summed E-state index contributed by atoms with van der Waals surface area (Å²) in [7, 11) is 1.45. The maximum absolute atomic E-state index is 9.40. The molecule has 5 heteroatoms. The van der Waals surface area contributed by atoms with Crippen molar-refractivity contribution in [2.24, 2.45) is 0 Å². The minimum atomic E-state index is -1.28. The first-order chi connectivity index (χ1) is 4.76. The number of fused-ring (bicyclic) bond motifs is 1. The predicted molar refractivity (Wildman–Crippen MR) is 31.5 cm³/mol. The fraction of sp³-hybridized carbons (Fsp3) is 1.00. The first-order valence-corrected chi connectivity index (χ1v) is 3.20. The van der Waals surface area contributed by atoms with Crippen LogP contribution in [0.1, 0.15) is 0 Å². The van der Waals surface area contributed by atoms with Crippen LogP contribution in [0.25, 0.3) is 0 Å². The molecule has 0 saturated carbocycles. The highest BCUT2D eigenvalue weighted by Gasteiger charge is 2.54. The minimum Gasteiger partial charge on any atom is -0.348 e. The van der Waals surface area contributed by atoms with Crippen molar-refractivity contribution in [1.82, 2.24) is 10.2 Å². The molecule has 2 fully saturated rings. The van der Waals surface area contributed by atoms with Gasteiger partial charge >= 0.3 is 0 Å². The van der Waals surface area contributed by atoms with Gasteiger partial charge in [-0.1, -0.05) is 0 Å². The Labute approximate surface area is 58.5 Å². The fourth-order valence-electron chi connectivity index (χ4n) is 1.25. The van der Waals surface area contributed by atoms with Crippen LogP contribution in [0.3, 0.4) is 0 Å². The van der Waals surface area contributed by atoms with E-state index in [1.807, 2.05) is 0 Å². The summed E-state index contributed by atoms with van der Waals surface area (Å²) in [5.41, 5.74) is 0. The Morgan fingerprint density at radius 2 is 2.70 bits per heavy atom. The first-order valence-electron chi connectivity index (χ1n) is 3.20. The van der Waals surface area contributed by atoms with Crippen LogP contribution < -0.4 is 5.32 Å². The van der Waals surface area contributed by atoms with Gasteiger partial charge in [0.1, 0.15) is 0 Å². The quantitative estimate of drug-likeness (QED) is 0.439. The van der Waals surface area contributed by atoms with Crippen LogP contribution in [-0.2, 0) is 9.47 Å². The lowest BCUT2D eigenvalue weighted by Crippen LogP contribution is -2.77. The number of hydrogen-bond acceptors (Lipinski definition) is 5. The topological polar surface area (TPSA) is 54.0 Å². The van der Waals surface area contributed by atoms with Gasteiger partial charge in [0, 0.05) is 13.7 Å². The molecule has 2 N–H and O–H groups in total. The van der Waals surface area contributed by atoms with Crippen LogP contribution in [0.15, 0.2) is 0 Å². The van der Waals surface area contributed by atoms with E-state index in [0.717, 1.165) is 0 Å². The van der Waals surface area contributed by atoms with Gasteiger partial charge < -0.3 is 14.6 Å². The predicted octanol–water partition coefficient (Wildman–Crippen LogP) is -1.54. The molecule has 2 aliphatic rings. The molecule has 2 atom stereocenters. The summed E-state index contributed by atoms with van der Waals surface area (Å²) in [4.78, 5) is 1.70. The van der Waals surface area contributed by atoms with E-state index in [9.17, 15) is 5.11 Å². The van der Waals surface area contributed by atoms with E-state index in [-0.39, 0.29) is 6.35 Å². The van der Waals surface area contributed by atoms with Crippen molar-refractivity contribution in [3.63, 3.8) is 0 Å². The molecule has 2 heterocycles. The van der Waals surface area contributed by atoms with Gasteiger partial charge in [-0.05, 0) is 0 Å². The molecule has 2 saturated heterocycles. The van der Waals surface area contributed by atoms with E-state index in [0.29, 0.717) is 13.2 Å². The van der Waals surface area contributed by atoms with Crippen molar-refractivity contribution in [1.29, 1.82) is 0 Å². The molecule has 0 spiro atoms. The smallest absolute Gasteiger partial charge is 0.297 e. The summed E-state index contributed by atoms with van der Waals surface area (Å²) >= 11 is 0. The second kappa shape index (κ2) is 1.90. The average molecular weight is 146 g/mol. The summed E-state index contributed by atoms with van der Waals surface area (Å²) in [6.45, 7) is 1.35. The highest BCUT2D eigenvalue weighted by atomic mass is 16.7. The van der Waals surface area contributed by atoms with Gasteiger partial charge in [-0.15, -0.1) is 0 Å². The molecule has 5 nitrogen and oxygen atoms in total. The number of ether oxygens (including phenoxy) is 2. The van der Waals surface area contributed by atoms with Crippen molar-refractivity contribution in [2.45, 2.75) is 12.4 Å². The fourth-order valence-corrected chi connectivity index (χ4v) is 1.25. The van der Waals surface area contributed by atoms with Gasteiger partial charge in [-0.2, -0.15) is 4.90 Å². The molecule has 0 amide bonds. The van der Waals surface area contributed by atoms with Crippen LogP contribution >= 0.6 is 0 Å². The van der Waals surface area contributed by atoms with Crippen LogP contribution in [0.5, 0.6) is 0 Å². The number of rotatable bonds is 1. The van der Waals surface area contributed by atoms with Crippen molar-refractivity contribution in [2.75, 3.05) is 20.3 Å². The van der Waals surface area contributed by atoms with Crippen molar-refractivity contribution < 1.29 is 14.6 Å². The molecule has 0 aromatic heterocycles.